The highest BCUT2D eigenvalue weighted by atomic mass is 16.5. The summed E-state index contributed by atoms with van der Waals surface area (Å²) in [6, 6.07) is 13.8. The van der Waals surface area contributed by atoms with Crippen molar-refractivity contribution >= 4 is 7.12 Å². The Balaban J connectivity index is 2.05. The number of benzene rings is 2. The molecule has 24 heavy (non-hydrogen) atoms. The average molecular weight is 323 g/mol. The van der Waals surface area contributed by atoms with Gasteiger partial charge in [-0.15, -0.1) is 0 Å². The molecule has 1 aliphatic heterocycles. The minimum Gasteiger partial charge on any atom is -0.493 e. The second kappa shape index (κ2) is 6.96. The van der Waals surface area contributed by atoms with Gasteiger partial charge in [-0.2, -0.15) is 5.26 Å². The number of hydrogen-bond acceptors (Lipinski definition) is 5. The third kappa shape index (κ3) is 2.96. The third-order valence-electron chi connectivity index (χ3n) is 4.30. The molecule has 1 atom stereocenters. The molecule has 2 aromatic carbocycles. The van der Waals surface area contributed by atoms with Crippen LogP contribution in [0, 0.1) is 11.3 Å². The number of nitrogens with zero attached hydrogens (tertiary/aromatic N) is 1. The predicted molar refractivity (Wildman–Crippen MR) is 91.2 cm³/mol. The molecular formula is C18H18BNO4. The van der Waals surface area contributed by atoms with Crippen molar-refractivity contribution in [3.8, 4) is 28.7 Å². The van der Waals surface area contributed by atoms with Crippen molar-refractivity contribution in [1.82, 2.24) is 0 Å². The first-order valence-electron chi connectivity index (χ1n) is 7.73. The van der Waals surface area contributed by atoms with E-state index in [1.54, 1.807) is 13.2 Å². The van der Waals surface area contributed by atoms with Crippen molar-refractivity contribution in [1.29, 1.82) is 5.26 Å². The van der Waals surface area contributed by atoms with Crippen LogP contribution in [0.5, 0.6) is 11.5 Å². The first-order chi connectivity index (χ1) is 11.7. The van der Waals surface area contributed by atoms with Gasteiger partial charge in [-0.05, 0) is 29.6 Å². The summed E-state index contributed by atoms with van der Waals surface area (Å²) in [7, 11) is 2.37. The summed E-state index contributed by atoms with van der Waals surface area (Å²) in [4.78, 5) is 0. The molecule has 1 heterocycles. The standard InChI is InChI=1S/C18H18BNO4/c1-22-17-7-6-15(16(10-20)18(17)23-2)13-5-3-4-12(8-13)14-9-19(21)24-11-14/h3-8,14,21H,9,11H2,1-2H3/t14-/m0/s1. The van der Waals surface area contributed by atoms with Crippen molar-refractivity contribution in [3.05, 3.63) is 47.5 Å². The van der Waals surface area contributed by atoms with E-state index in [1.165, 1.54) is 7.11 Å². The summed E-state index contributed by atoms with van der Waals surface area (Å²) in [6.07, 6.45) is 0.584. The van der Waals surface area contributed by atoms with Crippen molar-refractivity contribution < 1.29 is 19.2 Å². The van der Waals surface area contributed by atoms with Crippen LogP contribution >= 0.6 is 0 Å². The number of nitriles is 1. The highest BCUT2D eigenvalue weighted by Crippen LogP contribution is 2.38. The number of hydrogen-bond donors (Lipinski definition) is 1. The zero-order valence-corrected chi connectivity index (χ0v) is 13.7. The molecule has 1 fully saturated rings. The average Bonchev–Trinajstić information content (AvgIpc) is 3.06. The van der Waals surface area contributed by atoms with E-state index >= 15 is 0 Å². The van der Waals surface area contributed by atoms with Crippen molar-refractivity contribution in [2.45, 2.75) is 12.2 Å². The molecule has 122 valence electrons. The van der Waals surface area contributed by atoms with Crippen LogP contribution < -0.4 is 9.47 Å². The first kappa shape index (κ1) is 16.4. The minimum absolute atomic E-state index is 0.158. The molecule has 0 spiro atoms. The van der Waals surface area contributed by atoms with Gasteiger partial charge < -0.3 is 19.2 Å². The van der Waals surface area contributed by atoms with E-state index in [-0.39, 0.29) is 5.92 Å². The lowest BCUT2D eigenvalue weighted by molar-refractivity contribution is 0.292. The summed E-state index contributed by atoms with van der Waals surface area (Å²) in [5, 5.41) is 19.1. The molecule has 0 aromatic heterocycles. The van der Waals surface area contributed by atoms with E-state index in [1.807, 2.05) is 30.3 Å². The lowest BCUT2D eigenvalue weighted by Gasteiger charge is -2.14. The van der Waals surface area contributed by atoms with Crippen LogP contribution in [0.4, 0.5) is 0 Å². The van der Waals surface area contributed by atoms with Crippen LogP contribution in [0.25, 0.3) is 11.1 Å². The zero-order valence-electron chi connectivity index (χ0n) is 13.7. The maximum Gasteiger partial charge on any atom is 0.454 e. The second-order valence-corrected chi connectivity index (χ2v) is 5.68. The fourth-order valence-electron chi connectivity index (χ4n) is 3.08. The van der Waals surface area contributed by atoms with Gasteiger partial charge in [0.1, 0.15) is 11.6 Å². The fraction of sp³-hybridized carbons (Fsp3) is 0.278. The quantitative estimate of drug-likeness (QED) is 0.876. The van der Waals surface area contributed by atoms with E-state index in [4.69, 9.17) is 14.1 Å². The van der Waals surface area contributed by atoms with E-state index in [0.29, 0.717) is 30.0 Å². The van der Waals surface area contributed by atoms with Gasteiger partial charge in [-0.25, -0.2) is 0 Å². The Bertz CT molecular complexity index is 787. The summed E-state index contributed by atoms with van der Waals surface area (Å²) in [5.74, 6) is 1.12. The molecule has 1 saturated heterocycles. The third-order valence-corrected chi connectivity index (χ3v) is 4.30. The maximum absolute atomic E-state index is 9.59. The Hall–Kier alpha value is -2.49. The van der Waals surface area contributed by atoms with Crippen LogP contribution in [0.1, 0.15) is 17.0 Å². The lowest BCUT2D eigenvalue weighted by atomic mass is 9.79. The number of rotatable bonds is 4. The smallest absolute Gasteiger partial charge is 0.454 e. The molecule has 1 N–H and O–H groups in total. The number of ether oxygens (including phenoxy) is 2. The monoisotopic (exact) mass is 323 g/mol. The molecule has 0 unspecified atom stereocenters. The Labute approximate surface area is 141 Å². The molecular weight excluding hydrogens is 305 g/mol. The Morgan fingerprint density at radius 1 is 1.25 bits per heavy atom. The normalized spacial score (nSPS) is 16.8. The SMILES string of the molecule is COc1ccc(-c2cccc([C@@H]3COB(O)C3)c2)c(C#N)c1OC. The van der Waals surface area contributed by atoms with Crippen LogP contribution in [0.3, 0.4) is 0 Å². The van der Waals surface area contributed by atoms with Crippen LogP contribution in [0.2, 0.25) is 6.32 Å². The summed E-state index contributed by atoms with van der Waals surface area (Å²) < 4.78 is 15.9. The minimum atomic E-state index is -0.700. The van der Waals surface area contributed by atoms with Gasteiger partial charge in [-0.3, -0.25) is 0 Å². The molecule has 2 aromatic rings. The van der Waals surface area contributed by atoms with E-state index in [9.17, 15) is 10.3 Å². The topological polar surface area (TPSA) is 71.7 Å². The molecule has 3 rings (SSSR count). The molecule has 5 nitrogen and oxygen atoms in total. The van der Waals surface area contributed by atoms with Crippen LogP contribution in [0.15, 0.2) is 36.4 Å². The number of methoxy groups -OCH3 is 2. The highest BCUT2D eigenvalue weighted by Gasteiger charge is 2.29. The van der Waals surface area contributed by atoms with Gasteiger partial charge in [-0.1, -0.05) is 24.3 Å². The van der Waals surface area contributed by atoms with Gasteiger partial charge >= 0.3 is 7.12 Å². The maximum atomic E-state index is 9.59. The molecule has 0 amide bonds. The highest BCUT2D eigenvalue weighted by molar-refractivity contribution is 6.43. The van der Waals surface area contributed by atoms with Crippen molar-refractivity contribution in [3.63, 3.8) is 0 Å². The van der Waals surface area contributed by atoms with Crippen molar-refractivity contribution in [2.75, 3.05) is 20.8 Å². The van der Waals surface area contributed by atoms with Gasteiger partial charge in [0.25, 0.3) is 0 Å². The van der Waals surface area contributed by atoms with Crippen LogP contribution in [-0.2, 0) is 4.65 Å². The molecule has 1 aliphatic rings. The van der Waals surface area contributed by atoms with Gasteiger partial charge in [0.2, 0.25) is 0 Å². The Morgan fingerprint density at radius 3 is 2.71 bits per heavy atom. The van der Waals surface area contributed by atoms with E-state index in [0.717, 1.165) is 16.7 Å². The molecule has 0 bridgehead atoms. The molecule has 6 heteroatoms. The molecule has 0 aliphatic carbocycles. The predicted octanol–water partition coefficient (Wildman–Crippen LogP) is 2.84. The van der Waals surface area contributed by atoms with Gasteiger partial charge in [0.05, 0.1) is 14.2 Å². The first-order valence-corrected chi connectivity index (χ1v) is 7.73. The summed E-state index contributed by atoms with van der Waals surface area (Å²) in [6.45, 7) is 0.502. The molecule has 0 radical (unpaired) electrons. The van der Waals surface area contributed by atoms with E-state index in [2.05, 4.69) is 6.07 Å². The van der Waals surface area contributed by atoms with E-state index < -0.39 is 7.12 Å². The summed E-state index contributed by atoms with van der Waals surface area (Å²) >= 11 is 0. The Kier molecular flexibility index (Phi) is 4.75. The summed E-state index contributed by atoms with van der Waals surface area (Å²) in [5.41, 5.74) is 3.24. The van der Waals surface area contributed by atoms with Crippen molar-refractivity contribution in [2.24, 2.45) is 0 Å². The largest absolute Gasteiger partial charge is 0.493 e. The fourth-order valence-corrected chi connectivity index (χ4v) is 3.08. The van der Waals surface area contributed by atoms with Crippen LogP contribution in [-0.4, -0.2) is 33.0 Å². The molecule has 0 saturated carbocycles. The van der Waals surface area contributed by atoms with Gasteiger partial charge in [0.15, 0.2) is 11.5 Å². The zero-order chi connectivity index (χ0) is 17.1. The Morgan fingerprint density at radius 2 is 2.08 bits per heavy atom. The lowest BCUT2D eigenvalue weighted by Crippen LogP contribution is -2.07. The second-order valence-electron chi connectivity index (χ2n) is 5.68. The van der Waals surface area contributed by atoms with Gasteiger partial charge in [0, 0.05) is 18.1 Å².